The van der Waals surface area contributed by atoms with Gasteiger partial charge in [-0.15, -0.1) is 0 Å². The van der Waals surface area contributed by atoms with Crippen molar-refractivity contribution < 1.29 is 24.3 Å². The molecule has 1 aliphatic heterocycles. The Labute approximate surface area is 171 Å². The number of aliphatic hydroxyl groups is 1. The molecule has 1 heterocycles. The summed E-state index contributed by atoms with van der Waals surface area (Å²) in [4.78, 5) is 51.7. The molecule has 1 saturated heterocycles. The molecule has 158 valence electrons. The number of unbranched alkanes of at least 4 members (excludes halogenated alkanes) is 2. The maximum absolute atomic E-state index is 12.2. The van der Waals surface area contributed by atoms with E-state index in [2.05, 4.69) is 12.6 Å². The van der Waals surface area contributed by atoms with E-state index in [9.17, 15) is 19.2 Å². The van der Waals surface area contributed by atoms with Crippen molar-refractivity contribution in [2.75, 3.05) is 33.7 Å². The van der Waals surface area contributed by atoms with Crippen LogP contribution in [0.5, 0.6) is 0 Å². The van der Waals surface area contributed by atoms with Crippen LogP contribution < -0.4 is 0 Å². The first-order chi connectivity index (χ1) is 13.1. The molecule has 1 aliphatic rings. The maximum Gasteiger partial charge on any atom is 0.246 e. The Kier molecular flexibility index (Phi) is 10.2. The van der Waals surface area contributed by atoms with Crippen LogP contribution in [0.15, 0.2) is 12.2 Å². The van der Waals surface area contributed by atoms with Crippen molar-refractivity contribution in [1.29, 1.82) is 0 Å². The number of thiol groups is 1. The molecule has 1 rings (SSSR count). The van der Waals surface area contributed by atoms with Gasteiger partial charge in [0.05, 0.1) is 11.4 Å². The highest BCUT2D eigenvalue weighted by Crippen LogP contribution is 2.18. The van der Waals surface area contributed by atoms with Crippen molar-refractivity contribution in [2.24, 2.45) is 0 Å². The molecular weight excluding hydrogens is 382 g/mol. The number of aliphatic hydroxyl groups excluding tert-OH is 1. The second kappa shape index (κ2) is 11.9. The summed E-state index contributed by atoms with van der Waals surface area (Å²) in [6.07, 6.45) is 4.69. The second-order valence-corrected chi connectivity index (χ2v) is 7.71. The van der Waals surface area contributed by atoms with E-state index < -0.39 is 11.4 Å². The first kappa shape index (κ1) is 24.2. The topological polar surface area (TPSA) is 98.2 Å². The number of rotatable bonds is 11. The molecule has 0 aliphatic carbocycles. The monoisotopic (exact) mass is 413 g/mol. The summed E-state index contributed by atoms with van der Waals surface area (Å²) < 4.78 is 0. The Bertz CT molecular complexity index is 608. The normalized spacial score (nSPS) is 18.0. The van der Waals surface area contributed by atoms with Gasteiger partial charge in [-0.3, -0.25) is 24.1 Å². The van der Waals surface area contributed by atoms with Crippen molar-refractivity contribution in [3.05, 3.63) is 12.2 Å². The first-order valence-corrected chi connectivity index (χ1v) is 10.0. The molecule has 1 fully saturated rings. The SMILES string of the molecule is CC(O)/C=C/C(=O)N(C)CCN(C)C(=O)CCCCCN1C(=O)CC(S)C1=O. The Morgan fingerprint density at radius 2 is 1.86 bits per heavy atom. The van der Waals surface area contributed by atoms with E-state index in [1.807, 2.05) is 0 Å². The number of amides is 4. The number of hydrogen-bond donors (Lipinski definition) is 2. The van der Waals surface area contributed by atoms with E-state index in [-0.39, 0.29) is 30.0 Å². The number of nitrogens with zero attached hydrogens (tertiary/aromatic N) is 3. The highest BCUT2D eigenvalue weighted by molar-refractivity contribution is 7.81. The minimum Gasteiger partial charge on any atom is -0.389 e. The molecule has 0 spiro atoms. The molecule has 0 aromatic rings. The third kappa shape index (κ3) is 8.02. The molecule has 0 aromatic carbocycles. The molecule has 0 aromatic heterocycles. The number of hydrogen-bond acceptors (Lipinski definition) is 6. The zero-order valence-corrected chi connectivity index (χ0v) is 17.7. The Balaban J connectivity index is 2.20. The molecule has 0 bridgehead atoms. The van der Waals surface area contributed by atoms with E-state index in [0.29, 0.717) is 38.9 Å². The summed E-state index contributed by atoms with van der Waals surface area (Å²) in [6.45, 7) is 2.76. The fourth-order valence-corrected chi connectivity index (χ4v) is 2.99. The van der Waals surface area contributed by atoms with Gasteiger partial charge in [-0.2, -0.15) is 12.6 Å². The van der Waals surface area contributed by atoms with Crippen LogP contribution in [0.4, 0.5) is 0 Å². The first-order valence-electron chi connectivity index (χ1n) is 9.51. The average molecular weight is 414 g/mol. The summed E-state index contributed by atoms with van der Waals surface area (Å²) in [5, 5.41) is 8.63. The number of imide groups is 1. The zero-order valence-electron chi connectivity index (χ0n) is 16.8. The number of carbonyl (C=O) groups excluding carboxylic acids is 4. The minimum atomic E-state index is -0.678. The summed E-state index contributed by atoms with van der Waals surface area (Å²) in [7, 11) is 3.34. The van der Waals surface area contributed by atoms with E-state index in [0.717, 1.165) is 6.42 Å². The predicted octanol–water partition coefficient (Wildman–Crippen LogP) is 0.458. The average Bonchev–Trinajstić information content (AvgIpc) is 2.88. The summed E-state index contributed by atoms with van der Waals surface area (Å²) in [6, 6.07) is 0. The molecule has 8 nitrogen and oxygen atoms in total. The maximum atomic E-state index is 12.2. The van der Waals surface area contributed by atoms with E-state index in [1.165, 1.54) is 22.0 Å². The van der Waals surface area contributed by atoms with Crippen LogP contribution in [0.2, 0.25) is 0 Å². The predicted molar refractivity (Wildman–Crippen MR) is 109 cm³/mol. The summed E-state index contributed by atoms with van der Waals surface area (Å²) in [5.74, 6) is -0.644. The van der Waals surface area contributed by atoms with Gasteiger partial charge in [0.2, 0.25) is 23.6 Å². The highest BCUT2D eigenvalue weighted by atomic mass is 32.1. The minimum absolute atomic E-state index is 0.0101. The fourth-order valence-electron chi connectivity index (χ4n) is 2.70. The lowest BCUT2D eigenvalue weighted by Crippen LogP contribution is -2.36. The Hall–Kier alpha value is -1.87. The van der Waals surface area contributed by atoms with Gasteiger partial charge in [-0.05, 0) is 19.8 Å². The van der Waals surface area contributed by atoms with Gasteiger partial charge in [-0.1, -0.05) is 12.5 Å². The number of carbonyl (C=O) groups is 4. The van der Waals surface area contributed by atoms with Gasteiger partial charge >= 0.3 is 0 Å². The van der Waals surface area contributed by atoms with E-state index >= 15 is 0 Å². The van der Waals surface area contributed by atoms with Crippen molar-refractivity contribution in [3.8, 4) is 0 Å². The lowest BCUT2D eigenvalue weighted by atomic mass is 10.1. The van der Waals surface area contributed by atoms with E-state index in [4.69, 9.17) is 5.11 Å². The second-order valence-electron chi connectivity index (χ2n) is 7.09. The third-order valence-corrected chi connectivity index (χ3v) is 4.99. The van der Waals surface area contributed by atoms with Crippen LogP contribution in [0.3, 0.4) is 0 Å². The van der Waals surface area contributed by atoms with E-state index in [1.54, 1.807) is 25.9 Å². The molecular formula is C19H31N3O5S. The van der Waals surface area contributed by atoms with Crippen molar-refractivity contribution in [2.45, 2.75) is 50.4 Å². The van der Waals surface area contributed by atoms with Gasteiger partial charge in [0.15, 0.2) is 0 Å². The third-order valence-electron chi connectivity index (χ3n) is 4.58. The van der Waals surface area contributed by atoms with Gasteiger partial charge in [0.25, 0.3) is 0 Å². The van der Waals surface area contributed by atoms with Crippen LogP contribution in [-0.4, -0.2) is 88.5 Å². The van der Waals surface area contributed by atoms with Crippen LogP contribution in [0.25, 0.3) is 0 Å². The summed E-state index contributed by atoms with van der Waals surface area (Å²) in [5.41, 5.74) is 0. The van der Waals surface area contributed by atoms with Gasteiger partial charge in [0, 0.05) is 52.6 Å². The lowest BCUT2D eigenvalue weighted by Gasteiger charge is -2.22. The quantitative estimate of drug-likeness (QED) is 0.222. The van der Waals surface area contributed by atoms with Crippen LogP contribution in [-0.2, 0) is 19.2 Å². The van der Waals surface area contributed by atoms with Crippen molar-refractivity contribution in [3.63, 3.8) is 0 Å². The van der Waals surface area contributed by atoms with Crippen molar-refractivity contribution in [1.82, 2.24) is 14.7 Å². The highest BCUT2D eigenvalue weighted by Gasteiger charge is 2.35. The largest absolute Gasteiger partial charge is 0.389 e. The molecule has 0 radical (unpaired) electrons. The molecule has 4 amide bonds. The lowest BCUT2D eigenvalue weighted by molar-refractivity contribution is -0.138. The number of likely N-dealkylation sites (N-methyl/N-ethyl adjacent to an activating group) is 2. The van der Waals surface area contributed by atoms with Crippen LogP contribution in [0.1, 0.15) is 39.0 Å². The Morgan fingerprint density at radius 3 is 2.43 bits per heavy atom. The van der Waals surface area contributed by atoms with Gasteiger partial charge in [0.1, 0.15) is 0 Å². The van der Waals surface area contributed by atoms with Gasteiger partial charge < -0.3 is 14.9 Å². The zero-order chi connectivity index (χ0) is 21.3. The molecule has 1 N–H and O–H groups in total. The van der Waals surface area contributed by atoms with Crippen LogP contribution >= 0.6 is 12.6 Å². The number of likely N-dealkylation sites (tertiary alicyclic amines) is 1. The molecule has 28 heavy (non-hydrogen) atoms. The molecule has 0 saturated carbocycles. The molecule has 9 heteroatoms. The molecule has 2 unspecified atom stereocenters. The van der Waals surface area contributed by atoms with Crippen molar-refractivity contribution >= 4 is 36.3 Å². The Morgan fingerprint density at radius 1 is 1.21 bits per heavy atom. The summed E-state index contributed by atoms with van der Waals surface area (Å²) >= 11 is 4.08. The van der Waals surface area contributed by atoms with Gasteiger partial charge in [-0.25, -0.2) is 0 Å². The molecule has 2 atom stereocenters. The fraction of sp³-hybridized carbons (Fsp3) is 0.684. The smallest absolute Gasteiger partial charge is 0.246 e. The standard InChI is InChI=1S/C19H31N3O5S/c1-14(23)8-9-17(25)21(3)12-11-20(2)16(24)7-5-4-6-10-22-18(26)13-15(28)19(22)27/h8-9,14-15,23,28H,4-7,10-13H2,1-3H3/b9-8+. The van der Waals surface area contributed by atoms with Crippen LogP contribution in [0, 0.1) is 0 Å².